The van der Waals surface area contributed by atoms with Crippen molar-refractivity contribution in [1.29, 1.82) is 0 Å². The van der Waals surface area contributed by atoms with Crippen LogP contribution in [-0.2, 0) is 14.4 Å². The van der Waals surface area contributed by atoms with E-state index in [2.05, 4.69) is 0 Å². The summed E-state index contributed by atoms with van der Waals surface area (Å²) in [6.07, 6.45) is 1.32. The van der Waals surface area contributed by atoms with Crippen molar-refractivity contribution in [3.05, 3.63) is 29.8 Å². The van der Waals surface area contributed by atoms with Crippen LogP contribution in [0.25, 0.3) is 0 Å². The number of benzene rings is 1. The van der Waals surface area contributed by atoms with E-state index < -0.39 is 36.2 Å². The Labute approximate surface area is 150 Å². The molecule has 0 saturated carbocycles. The van der Waals surface area contributed by atoms with Crippen molar-refractivity contribution in [3.8, 4) is 0 Å². The van der Waals surface area contributed by atoms with E-state index in [0.29, 0.717) is 29.1 Å². The second-order valence-corrected chi connectivity index (χ2v) is 6.56. The molecule has 1 aromatic rings. The third-order valence-corrected chi connectivity index (χ3v) is 4.48. The Balaban J connectivity index is 1.72. The first-order valence-electron chi connectivity index (χ1n) is 8.44. The van der Waals surface area contributed by atoms with Gasteiger partial charge in [0.15, 0.2) is 5.78 Å². The predicted molar refractivity (Wildman–Crippen MR) is 91.5 cm³/mol. The summed E-state index contributed by atoms with van der Waals surface area (Å²) < 4.78 is 0. The SMILES string of the molecule is CC(C)N1C(=O)C(=O)N(CC(=O)c2ccc(N3CCCC3=O)cc2)C1=O. The molecule has 5 amide bonds. The fourth-order valence-electron chi connectivity index (χ4n) is 3.10. The van der Waals surface area contributed by atoms with Gasteiger partial charge in [-0.15, -0.1) is 0 Å². The minimum Gasteiger partial charge on any atom is -0.312 e. The molecule has 0 unspecified atom stereocenters. The molecule has 2 aliphatic heterocycles. The van der Waals surface area contributed by atoms with Crippen LogP contribution >= 0.6 is 0 Å². The van der Waals surface area contributed by atoms with Gasteiger partial charge in [-0.05, 0) is 44.5 Å². The summed E-state index contributed by atoms with van der Waals surface area (Å²) in [5.74, 6) is -2.31. The van der Waals surface area contributed by atoms with Crippen LogP contribution in [0.2, 0.25) is 0 Å². The topological polar surface area (TPSA) is 95.1 Å². The zero-order valence-electron chi connectivity index (χ0n) is 14.6. The standard InChI is InChI=1S/C18H19N3O5/c1-11(2)21-17(25)16(24)20(18(21)26)10-14(22)12-5-7-13(8-6-12)19-9-3-4-15(19)23/h5-8,11H,3-4,9-10H2,1-2H3. The van der Waals surface area contributed by atoms with Crippen molar-refractivity contribution < 1.29 is 24.0 Å². The maximum Gasteiger partial charge on any atom is 0.334 e. The number of nitrogens with zero attached hydrogens (tertiary/aromatic N) is 3. The van der Waals surface area contributed by atoms with E-state index in [4.69, 9.17) is 0 Å². The third kappa shape index (κ3) is 2.98. The van der Waals surface area contributed by atoms with Gasteiger partial charge in [-0.2, -0.15) is 0 Å². The van der Waals surface area contributed by atoms with Crippen molar-refractivity contribution >= 4 is 35.2 Å². The van der Waals surface area contributed by atoms with Crippen molar-refractivity contribution in [3.63, 3.8) is 0 Å². The first kappa shape index (κ1) is 17.8. The average molecular weight is 357 g/mol. The highest BCUT2D eigenvalue weighted by atomic mass is 16.2. The molecule has 0 aromatic heterocycles. The Bertz CT molecular complexity index is 800. The second kappa shape index (κ2) is 6.70. The molecule has 0 atom stereocenters. The maximum absolute atomic E-state index is 12.4. The fraction of sp³-hybridized carbons (Fsp3) is 0.389. The Hall–Kier alpha value is -3.03. The highest BCUT2D eigenvalue weighted by Crippen LogP contribution is 2.22. The largest absolute Gasteiger partial charge is 0.334 e. The molecular weight excluding hydrogens is 338 g/mol. The summed E-state index contributed by atoms with van der Waals surface area (Å²) in [6.45, 7) is 3.39. The number of rotatable bonds is 5. The lowest BCUT2D eigenvalue weighted by atomic mass is 10.1. The van der Waals surface area contributed by atoms with Gasteiger partial charge in [0, 0.05) is 30.3 Å². The van der Waals surface area contributed by atoms with Gasteiger partial charge in [0.2, 0.25) is 5.91 Å². The highest BCUT2D eigenvalue weighted by molar-refractivity contribution is 6.45. The second-order valence-electron chi connectivity index (χ2n) is 6.56. The monoisotopic (exact) mass is 357 g/mol. The number of hydrogen-bond acceptors (Lipinski definition) is 5. The molecule has 8 nitrogen and oxygen atoms in total. The molecule has 2 saturated heterocycles. The highest BCUT2D eigenvalue weighted by Gasteiger charge is 2.46. The quantitative estimate of drug-likeness (QED) is 0.448. The van der Waals surface area contributed by atoms with Gasteiger partial charge in [-0.25, -0.2) is 9.69 Å². The Morgan fingerprint density at radius 3 is 2.19 bits per heavy atom. The number of ketones is 1. The zero-order chi connectivity index (χ0) is 19.0. The number of carbonyl (C=O) groups excluding carboxylic acids is 5. The van der Waals surface area contributed by atoms with Gasteiger partial charge in [0.1, 0.15) is 0 Å². The van der Waals surface area contributed by atoms with Gasteiger partial charge >= 0.3 is 17.8 Å². The summed E-state index contributed by atoms with van der Waals surface area (Å²) >= 11 is 0. The molecule has 26 heavy (non-hydrogen) atoms. The Kier molecular flexibility index (Phi) is 4.58. The van der Waals surface area contributed by atoms with E-state index in [0.717, 1.165) is 11.3 Å². The number of anilines is 1. The lowest BCUT2D eigenvalue weighted by molar-refractivity contribution is -0.143. The van der Waals surface area contributed by atoms with Crippen LogP contribution in [0.3, 0.4) is 0 Å². The van der Waals surface area contributed by atoms with E-state index in [9.17, 15) is 24.0 Å². The van der Waals surface area contributed by atoms with Crippen LogP contribution in [0.1, 0.15) is 37.0 Å². The van der Waals surface area contributed by atoms with Crippen molar-refractivity contribution in [2.24, 2.45) is 0 Å². The van der Waals surface area contributed by atoms with E-state index in [-0.39, 0.29) is 5.91 Å². The molecule has 0 radical (unpaired) electrons. The summed E-state index contributed by atoms with van der Waals surface area (Å²) in [7, 11) is 0. The van der Waals surface area contributed by atoms with Crippen molar-refractivity contribution in [1.82, 2.24) is 9.80 Å². The van der Waals surface area contributed by atoms with Gasteiger partial charge in [0.25, 0.3) is 0 Å². The number of carbonyl (C=O) groups is 5. The molecular formula is C18H19N3O5. The van der Waals surface area contributed by atoms with Crippen LogP contribution in [-0.4, -0.2) is 58.5 Å². The number of amides is 5. The molecule has 2 aliphatic rings. The molecule has 0 aliphatic carbocycles. The van der Waals surface area contributed by atoms with Gasteiger partial charge in [-0.3, -0.25) is 24.1 Å². The summed E-state index contributed by atoms with van der Waals surface area (Å²) in [4.78, 5) is 63.4. The maximum atomic E-state index is 12.4. The fourth-order valence-corrected chi connectivity index (χ4v) is 3.10. The van der Waals surface area contributed by atoms with E-state index in [1.54, 1.807) is 43.0 Å². The molecule has 136 valence electrons. The lowest BCUT2D eigenvalue weighted by Crippen LogP contribution is -2.39. The molecule has 2 heterocycles. The molecule has 0 N–H and O–H groups in total. The number of Topliss-reactive ketones (excluding diaryl/α,β-unsaturated/α-hetero) is 1. The summed E-state index contributed by atoms with van der Waals surface area (Å²) in [5.41, 5.74) is 1.01. The Morgan fingerprint density at radius 1 is 1.04 bits per heavy atom. The first-order valence-corrected chi connectivity index (χ1v) is 8.44. The zero-order valence-corrected chi connectivity index (χ0v) is 14.6. The third-order valence-electron chi connectivity index (χ3n) is 4.48. The van der Waals surface area contributed by atoms with Gasteiger partial charge in [0.05, 0.1) is 6.54 Å². The Morgan fingerprint density at radius 2 is 1.69 bits per heavy atom. The molecule has 3 rings (SSSR count). The van der Waals surface area contributed by atoms with Crippen LogP contribution in [0.4, 0.5) is 10.5 Å². The molecule has 0 bridgehead atoms. The molecule has 8 heteroatoms. The summed E-state index contributed by atoms with van der Waals surface area (Å²) in [6, 6.07) is 5.19. The van der Waals surface area contributed by atoms with Crippen LogP contribution in [0.15, 0.2) is 24.3 Å². The van der Waals surface area contributed by atoms with Gasteiger partial charge in [-0.1, -0.05) is 0 Å². The number of urea groups is 1. The van der Waals surface area contributed by atoms with Crippen LogP contribution in [0.5, 0.6) is 0 Å². The predicted octanol–water partition coefficient (Wildman–Crippen LogP) is 1.20. The van der Waals surface area contributed by atoms with E-state index in [1.165, 1.54) is 0 Å². The molecule has 0 spiro atoms. The van der Waals surface area contributed by atoms with Gasteiger partial charge < -0.3 is 4.90 Å². The van der Waals surface area contributed by atoms with E-state index in [1.807, 2.05) is 0 Å². The lowest BCUT2D eigenvalue weighted by Gasteiger charge is -2.18. The number of hydrogen-bond donors (Lipinski definition) is 0. The van der Waals surface area contributed by atoms with Crippen molar-refractivity contribution in [2.45, 2.75) is 32.7 Å². The minimum absolute atomic E-state index is 0.0459. The van der Waals surface area contributed by atoms with Crippen LogP contribution < -0.4 is 4.90 Å². The minimum atomic E-state index is -0.990. The van der Waals surface area contributed by atoms with Crippen molar-refractivity contribution in [2.75, 3.05) is 18.0 Å². The molecule has 2 fully saturated rings. The summed E-state index contributed by atoms with van der Waals surface area (Å²) in [5, 5.41) is 0. The average Bonchev–Trinajstić information content (AvgIpc) is 3.12. The number of imide groups is 2. The smallest absolute Gasteiger partial charge is 0.312 e. The first-order chi connectivity index (χ1) is 12.3. The van der Waals surface area contributed by atoms with E-state index >= 15 is 0 Å². The van der Waals surface area contributed by atoms with Crippen LogP contribution in [0, 0.1) is 0 Å². The normalized spacial score (nSPS) is 17.9. The molecule has 1 aromatic carbocycles.